The molecule has 1 unspecified atom stereocenters. The number of halogens is 5. The van der Waals surface area contributed by atoms with Gasteiger partial charge in [0.05, 0.1) is 0 Å². The molecule has 1 atom stereocenters. The van der Waals surface area contributed by atoms with Gasteiger partial charge in [-0.05, 0) is 29.5 Å². The summed E-state index contributed by atoms with van der Waals surface area (Å²) in [5.74, 6) is -9.96. The average Bonchev–Trinajstić information content (AvgIpc) is 2.47. The SMILES string of the molecule is CC(Cc1c(F)c(F)c(F)c(F)c1F)C[Si](O)(C(C)C)C(C)C. The molecule has 1 nitrogen and oxygen atoms in total. The third kappa shape index (κ3) is 3.94. The molecule has 0 radical (unpaired) electrons. The molecule has 0 amide bonds. The number of hydrogen-bond acceptors (Lipinski definition) is 1. The maximum Gasteiger partial charge on any atom is 0.200 e. The van der Waals surface area contributed by atoms with Crippen molar-refractivity contribution in [3.8, 4) is 0 Å². The van der Waals surface area contributed by atoms with Crippen LogP contribution in [0.25, 0.3) is 0 Å². The summed E-state index contributed by atoms with van der Waals surface area (Å²) in [7, 11) is -2.70. The molecular weight excluding hydrogens is 331 g/mol. The van der Waals surface area contributed by atoms with Gasteiger partial charge in [0.1, 0.15) is 0 Å². The van der Waals surface area contributed by atoms with E-state index < -0.39 is 48.9 Å². The van der Waals surface area contributed by atoms with Crippen molar-refractivity contribution in [1.29, 1.82) is 0 Å². The van der Waals surface area contributed by atoms with E-state index in [9.17, 15) is 26.7 Å². The third-order valence-electron chi connectivity index (χ3n) is 4.53. The second-order valence-corrected chi connectivity index (χ2v) is 11.6. The van der Waals surface area contributed by atoms with E-state index >= 15 is 0 Å². The second-order valence-electron chi connectivity index (χ2n) is 6.86. The number of hydrogen-bond donors (Lipinski definition) is 1. The van der Waals surface area contributed by atoms with Crippen LogP contribution in [0.2, 0.25) is 17.1 Å². The Labute approximate surface area is 134 Å². The van der Waals surface area contributed by atoms with Gasteiger partial charge in [0.15, 0.2) is 31.6 Å². The van der Waals surface area contributed by atoms with E-state index in [1.807, 2.05) is 27.7 Å². The fourth-order valence-electron chi connectivity index (χ4n) is 2.95. The summed E-state index contributed by atoms with van der Waals surface area (Å²) in [5, 5.41) is 0. The average molecular weight is 354 g/mol. The lowest BCUT2D eigenvalue weighted by molar-refractivity contribution is 0.364. The van der Waals surface area contributed by atoms with E-state index in [0.29, 0.717) is 6.04 Å². The van der Waals surface area contributed by atoms with Crippen LogP contribution in [0.15, 0.2) is 0 Å². The van der Waals surface area contributed by atoms with Crippen LogP contribution in [-0.4, -0.2) is 13.1 Å². The first-order valence-corrected chi connectivity index (χ1v) is 9.97. The summed E-state index contributed by atoms with van der Waals surface area (Å²) >= 11 is 0. The molecule has 0 fully saturated rings. The molecule has 1 rings (SSSR count). The highest BCUT2D eigenvalue weighted by Crippen LogP contribution is 2.37. The standard InChI is InChI=1S/C16H23F5OSi/c1-8(2)23(22,9(3)4)7-10(5)6-11-12(17)14(19)16(21)15(20)13(11)18/h8-10,22H,6-7H2,1-5H3. The van der Waals surface area contributed by atoms with Crippen LogP contribution in [0, 0.1) is 35.0 Å². The van der Waals surface area contributed by atoms with Crippen molar-refractivity contribution in [1.82, 2.24) is 0 Å². The van der Waals surface area contributed by atoms with Crippen LogP contribution in [0.3, 0.4) is 0 Å². The molecule has 0 aliphatic heterocycles. The summed E-state index contributed by atoms with van der Waals surface area (Å²) in [6.45, 7) is 9.20. The Balaban J connectivity index is 3.10. The zero-order valence-corrected chi connectivity index (χ0v) is 15.0. The van der Waals surface area contributed by atoms with Crippen molar-refractivity contribution in [3.05, 3.63) is 34.6 Å². The molecule has 0 aliphatic carbocycles. The van der Waals surface area contributed by atoms with Crippen LogP contribution < -0.4 is 0 Å². The lowest BCUT2D eigenvalue weighted by Gasteiger charge is -2.35. The lowest BCUT2D eigenvalue weighted by atomic mass is 10.0. The topological polar surface area (TPSA) is 20.2 Å². The van der Waals surface area contributed by atoms with Crippen LogP contribution in [-0.2, 0) is 6.42 Å². The third-order valence-corrected chi connectivity index (χ3v) is 9.88. The van der Waals surface area contributed by atoms with E-state index in [2.05, 4.69) is 0 Å². The highest BCUT2D eigenvalue weighted by molar-refractivity contribution is 6.75. The zero-order chi connectivity index (χ0) is 18.1. The highest BCUT2D eigenvalue weighted by Gasteiger charge is 2.40. The van der Waals surface area contributed by atoms with Crippen molar-refractivity contribution >= 4 is 8.32 Å². The van der Waals surface area contributed by atoms with Gasteiger partial charge < -0.3 is 4.80 Å². The van der Waals surface area contributed by atoms with Crippen LogP contribution in [0.4, 0.5) is 22.0 Å². The fourth-order valence-corrected chi connectivity index (χ4v) is 6.48. The summed E-state index contributed by atoms with van der Waals surface area (Å²) in [6, 6.07) is 0.335. The number of rotatable bonds is 6. The van der Waals surface area contributed by atoms with Gasteiger partial charge in [0.25, 0.3) is 0 Å². The van der Waals surface area contributed by atoms with E-state index in [1.165, 1.54) is 0 Å². The minimum Gasteiger partial charge on any atom is -0.431 e. The Morgan fingerprint density at radius 2 is 1.09 bits per heavy atom. The van der Waals surface area contributed by atoms with Crippen molar-refractivity contribution in [2.24, 2.45) is 5.92 Å². The van der Waals surface area contributed by atoms with E-state index in [1.54, 1.807) is 6.92 Å². The molecule has 7 heteroatoms. The Bertz CT molecular complexity index is 537. The number of benzene rings is 1. The van der Waals surface area contributed by atoms with Gasteiger partial charge in [0, 0.05) is 5.56 Å². The molecule has 0 saturated carbocycles. The van der Waals surface area contributed by atoms with Crippen LogP contribution in [0.5, 0.6) is 0 Å². The molecule has 0 heterocycles. The van der Waals surface area contributed by atoms with Crippen molar-refractivity contribution in [3.63, 3.8) is 0 Å². The Hall–Kier alpha value is -0.953. The lowest BCUT2D eigenvalue weighted by Crippen LogP contribution is -2.43. The molecule has 0 aromatic heterocycles. The monoisotopic (exact) mass is 354 g/mol. The molecule has 0 bridgehead atoms. The molecule has 132 valence electrons. The maximum absolute atomic E-state index is 13.7. The van der Waals surface area contributed by atoms with Crippen molar-refractivity contribution < 1.29 is 26.7 Å². The van der Waals surface area contributed by atoms with E-state index in [4.69, 9.17) is 0 Å². The Morgan fingerprint density at radius 3 is 1.43 bits per heavy atom. The molecule has 23 heavy (non-hydrogen) atoms. The summed E-state index contributed by atoms with van der Waals surface area (Å²) in [4.78, 5) is 10.8. The Kier molecular flexibility index (Phi) is 6.37. The summed E-state index contributed by atoms with van der Waals surface area (Å²) in [6.07, 6.45) is -0.305. The van der Waals surface area contributed by atoms with Gasteiger partial charge in [-0.3, -0.25) is 0 Å². The quantitative estimate of drug-likeness (QED) is 0.317. The molecular formula is C16H23F5OSi. The second kappa shape index (κ2) is 7.30. The van der Waals surface area contributed by atoms with E-state index in [0.717, 1.165) is 0 Å². The zero-order valence-electron chi connectivity index (χ0n) is 14.0. The first-order chi connectivity index (χ1) is 10.4. The predicted octanol–water partition coefficient (Wildman–Crippen LogP) is 5.32. The van der Waals surface area contributed by atoms with Gasteiger partial charge in [-0.25, -0.2) is 22.0 Å². The molecule has 0 spiro atoms. The normalized spacial score (nSPS) is 14.0. The Morgan fingerprint density at radius 1 is 0.739 bits per heavy atom. The van der Waals surface area contributed by atoms with Gasteiger partial charge in [0.2, 0.25) is 5.82 Å². The minimum absolute atomic E-state index is 0.0290. The fraction of sp³-hybridized carbons (Fsp3) is 0.625. The smallest absolute Gasteiger partial charge is 0.200 e. The molecule has 0 aliphatic rings. The van der Waals surface area contributed by atoms with Crippen LogP contribution in [0.1, 0.15) is 40.2 Å². The largest absolute Gasteiger partial charge is 0.431 e. The maximum atomic E-state index is 13.7. The van der Waals surface area contributed by atoms with Gasteiger partial charge in [-0.15, -0.1) is 0 Å². The first kappa shape index (κ1) is 20.1. The van der Waals surface area contributed by atoms with Crippen LogP contribution >= 0.6 is 0 Å². The predicted molar refractivity (Wildman–Crippen MR) is 82.1 cm³/mol. The van der Waals surface area contributed by atoms with E-state index in [-0.39, 0.29) is 17.5 Å². The summed E-state index contributed by atoms with van der Waals surface area (Å²) < 4.78 is 67.0. The minimum atomic E-state index is -2.70. The van der Waals surface area contributed by atoms with Crippen molar-refractivity contribution in [2.45, 2.75) is 58.2 Å². The molecule has 1 N–H and O–H groups in total. The molecule has 0 saturated heterocycles. The highest BCUT2D eigenvalue weighted by atomic mass is 28.4. The summed E-state index contributed by atoms with van der Waals surface area (Å²) in [5.41, 5.74) is -0.750. The van der Waals surface area contributed by atoms with Gasteiger partial charge in [-0.1, -0.05) is 34.6 Å². The molecule has 1 aromatic rings. The molecule has 1 aromatic carbocycles. The van der Waals surface area contributed by atoms with Crippen molar-refractivity contribution in [2.75, 3.05) is 0 Å². The first-order valence-electron chi connectivity index (χ1n) is 7.66. The van der Waals surface area contributed by atoms with Gasteiger partial charge >= 0.3 is 0 Å². The van der Waals surface area contributed by atoms with Gasteiger partial charge in [-0.2, -0.15) is 0 Å².